The number of rotatable bonds is 2. The first kappa shape index (κ1) is 7.69. The fraction of sp³-hybridized carbons (Fsp3) is 0.571. The fourth-order valence-electron chi connectivity index (χ4n) is 0.649. The van der Waals surface area contributed by atoms with Crippen molar-refractivity contribution in [1.82, 2.24) is 10.3 Å². The third kappa shape index (κ3) is 1.36. The van der Waals surface area contributed by atoms with E-state index in [-0.39, 0.29) is 5.54 Å². The highest BCUT2D eigenvalue weighted by Crippen LogP contribution is 2.18. The van der Waals surface area contributed by atoms with Gasteiger partial charge >= 0.3 is 0 Å². The number of aromatic nitrogens is 1. The Morgan fingerprint density at radius 2 is 2.30 bits per heavy atom. The third-order valence-electron chi connectivity index (χ3n) is 1.70. The summed E-state index contributed by atoms with van der Waals surface area (Å²) < 4.78 is 0. The molecule has 1 heterocycles. The predicted molar refractivity (Wildman–Crippen MR) is 44.2 cm³/mol. The molecular formula is C7H12N2S. The minimum Gasteiger partial charge on any atom is -0.310 e. The molecule has 0 saturated carbocycles. The van der Waals surface area contributed by atoms with Crippen molar-refractivity contribution < 1.29 is 0 Å². The van der Waals surface area contributed by atoms with Crippen molar-refractivity contribution in [1.29, 1.82) is 0 Å². The monoisotopic (exact) mass is 156 g/mol. The fourth-order valence-corrected chi connectivity index (χ4v) is 1.37. The zero-order valence-corrected chi connectivity index (χ0v) is 7.33. The van der Waals surface area contributed by atoms with Crippen LogP contribution in [0.25, 0.3) is 0 Å². The Morgan fingerprint density at radius 3 is 2.70 bits per heavy atom. The van der Waals surface area contributed by atoms with Crippen LogP contribution in [-0.4, -0.2) is 12.0 Å². The SMILES string of the molecule is CNC(C)(C)c1cscn1. The minimum atomic E-state index is 0.0139. The molecule has 0 atom stereocenters. The minimum absolute atomic E-state index is 0.0139. The van der Waals surface area contributed by atoms with E-state index in [1.807, 2.05) is 12.6 Å². The Hall–Kier alpha value is -0.410. The normalized spacial score (nSPS) is 11.9. The van der Waals surface area contributed by atoms with Gasteiger partial charge in [0.1, 0.15) is 0 Å². The maximum Gasteiger partial charge on any atom is 0.0795 e. The second kappa shape index (κ2) is 2.68. The Morgan fingerprint density at radius 1 is 1.60 bits per heavy atom. The van der Waals surface area contributed by atoms with Crippen molar-refractivity contribution in [2.75, 3.05) is 7.05 Å². The molecule has 0 radical (unpaired) electrons. The van der Waals surface area contributed by atoms with E-state index in [9.17, 15) is 0 Å². The quantitative estimate of drug-likeness (QED) is 0.703. The summed E-state index contributed by atoms with van der Waals surface area (Å²) >= 11 is 1.63. The highest BCUT2D eigenvalue weighted by atomic mass is 32.1. The number of thiazole rings is 1. The summed E-state index contributed by atoms with van der Waals surface area (Å²) in [5.41, 5.74) is 2.98. The molecular weight excluding hydrogens is 144 g/mol. The van der Waals surface area contributed by atoms with Gasteiger partial charge in [0.05, 0.1) is 16.7 Å². The van der Waals surface area contributed by atoms with Crippen LogP contribution in [0, 0.1) is 0 Å². The van der Waals surface area contributed by atoms with Crippen LogP contribution in [0.5, 0.6) is 0 Å². The maximum atomic E-state index is 4.21. The van der Waals surface area contributed by atoms with Crippen molar-refractivity contribution in [2.45, 2.75) is 19.4 Å². The van der Waals surface area contributed by atoms with E-state index in [0.717, 1.165) is 5.69 Å². The van der Waals surface area contributed by atoms with Crippen LogP contribution in [-0.2, 0) is 5.54 Å². The van der Waals surface area contributed by atoms with Crippen LogP contribution in [0.3, 0.4) is 0 Å². The van der Waals surface area contributed by atoms with Crippen molar-refractivity contribution in [3.63, 3.8) is 0 Å². The van der Waals surface area contributed by atoms with Crippen LogP contribution in [0.4, 0.5) is 0 Å². The van der Waals surface area contributed by atoms with Crippen molar-refractivity contribution in [3.05, 3.63) is 16.6 Å². The van der Waals surface area contributed by atoms with Gasteiger partial charge in [-0.25, -0.2) is 4.98 Å². The van der Waals surface area contributed by atoms with E-state index >= 15 is 0 Å². The zero-order valence-electron chi connectivity index (χ0n) is 6.51. The summed E-state index contributed by atoms with van der Waals surface area (Å²) in [6, 6.07) is 0. The molecule has 56 valence electrons. The molecule has 0 fully saturated rings. The summed E-state index contributed by atoms with van der Waals surface area (Å²) in [6.07, 6.45) is 0. The van der Waals surface area contributed by atoms with Gasteiger partial charge in [-0.2, -0.15) is 0 Å². The van der Waals surface area contributed by atoms with Gasteiger partial charge in [0.25, 0.3) is 0 Å². The van der Waals surface area contributed by atoms with Gasteiger partial charge in [0.2, 0.25) is 0 Å². The largest absolute Gasteiger partial charge is 0.310 e. The lowest BCUT2D eigenvalue weighted by Gasteiger charge is -2.20. The first-order chi connectivity index (χ1) is 4.67. The second-order valence-electron chi connectivity index (χ2n) is 2.75. The summed E-state index contributed by atoms with van der Waals surface area (Å²) in [5.74, 6) is 0. The van der Waals surface area contributed by atoms with Gasteiger partial charge in [-0.15, -0.1) is 11.3 Å². The standard InChI is InChI=1S/C7H12N2S/c1-7(2,8-3)6-4-10-5-9-6/h4-5,8H,1-3H3. The summed E-state index contributed by atoms with van der Waals surface area (Å²) in [6.45, 7) is 4.23. The number of nitrogens with zero attached hydrogens (tertiary/aromatic N) is 1. The highest BCUT2D eigenvalue weighted by Gasteiger charge is 2.18. The lowest BCUT2D eigenvalue weighted by molar-refractivity contribution is 0.434. The van der Waals surface area contributed by atoms with Crippen LogP contribution in [0.2, 0.25) is 0 Å². The second-order valence-corrected chi connectivity index (χ2v) is 3.47. The molecule has 10 heavy (non-hydrogen) atoms. The van der Waals surface area contributed by atoms with E-state index < -0.39 is 0 Å². The lowest BCUT2D eigenvalue weighted by Crippen LogP contribution is -2.33. The third-order valence-corrected chi connectivity index (χ3v) is 2.28. The molecule has 0 aliphatic carbocycles. The molecule has 0 aromatic carbocycles. The van der Waals surface area contributed by atoms with E-state index in [4.69, 9.17) is 0 Å². The van der Waals surface area contributed by atoms with Gasteiger partial charge in [0, 0.05) is 5.38 Å². The number of hydrogen-bond acceptors (Lipinski definition) is 3. The Balaban J connectivity index is 2.85. The van der Waals surface area contributed by atoms with Crippen LogP contribution in [0.15, 0.2) is 10.9 Å². The molecule has 1 rings (SSSR count). The smallest absolute Gasteiger partial charge is 0.0795 e. The Labute approximate surface area is 65.3 Å². The van der Waals surface area contributed by atoms with Gasteiger partial charge in [-0.3, -0.25) is 0 Å². The summed E-state index contributed by atoms with van der Waals surface area (Å²) in [5, 5.41) is 5.25. The molecule has 1 N–H and O–H groups in total. The molecule has 0 saturated heterocycles. The van der Waals surface area contributed by atoms with Crippen molar-refractivity contribution >= 4 is 11.3 Å². The Kier molecular flexibility index (Phi) is 2.06. The number of hydrogen-bond donors (Lipinski definition) is 1. The highest BCUT2D eigenvalue weighted by molar-refractivity contribution is 7.07. The first-order valence-electron chi connectivity index (χ1n) is 3.24. The lowest BCUT2D eigenvalue weighted by atomic mass is 10.0. The van der Waals surface area contributed by atoms with Crippen molar-refractivity contribution in [2.24, 2.45) is 0 Å². The molecule has 0 aliphatic rings. The molecule has 1 aromatic heterocycles. The zero-order chi connectivity index (χ0) is 7.61. The molecule has 1 aromatic rings. The Bertz CT molecular complexity index is 191. The molecule has 0 spiro atoms. The van der Waals surface area contributed by atoms with Crippen LogP contribution in [0.1, 0.15) is 19.5 Å². The van der Waals surface area contributed by atoms with E-state index in [1.54, 1.807) is 11.3 Å². The maximum absolute atomic E-state index is 4.21. The van der Waals surface area contributed by atoms with Crippen LogP contribution >= 0.6 is 11.3 Å². The molecule has 0 unspecified atom stereocenters. The molecule has 0 amide bonds. The average Bonchev–Trinajstić information content (AvgIpc) is 2.38. The van der Waals surface area contributed by atoms with Gasteiger partial charge in [0.15, 0.2) is 0 Å². The van der Waals surface area contributed by atoms with Gasteiger partial charge < -0.3 is 5.32 Å². The van der Waals surface area contributed by atoms with E-state index in [0.29, 0.717) is 0 Å². The first-order valence-corrected chi connectivity index (χ1v) is 4.18. The van der Waals surface area contributed by atoms with Crippen LogP contribution < -0.4 is 5.32 Å². The van der Waals surface area contributed by atoms with Gasteiger partial charge in [-0.05, 0) is 20.9 Å². The average molecular weight is 156 g/mol. The molecule has 0 aliphatic heterocycles. The van der Waals surface area contributed by atoms with Crippen molar-refractivity contribution in [3.8, 4) is 0 Å². The van der Waals surface area contributed by atoms with E-state index in [2.05, 4.69) is 29.5 Å². The summed E-state index contributed by atoms with van der Waals surface area (Å²) in [7, 11) is 1.94. The van der Waals surface area contributed by atoms with Gasteiger partial charge in [-0.1, -0.05) is 0 Å². The molecule has 2 nitrogen and oxygen atoms in total. The topological polar surface area (TPSA) is 24.9 Å². The molecule has 0 bridgehead atoms. The molecule has 3 heteroatoms. The summed E-state index contributed by atoms with van der Waals surface area (Å²) in [4.78, 5) is 4.21. The number of nitrogens with one attached hydrogen (secondary N) is 1. The predicted octanol–water partition coefficient (Wildman–Crippen LogP) is 1.60. The van der Waals surface area contributed by atoms with E-state index in [1.165, 1.54) is 0 Å².